The minimum atomic E-state index is -0.285. The van der Waals surface area contributed by atoms with E-state index in [0.29, 0.717) is 6.61 Å². The predicted octanol–water partition coefficient (Wildman–Crippen LogP) is -2.29. The van der Waals surface area contributed by atoms with Crippen LogP contribution in [0.15, 0.2) is 0 Å². The Morgan fingerprint density at radius 1 is 1.56 bits per heavy atom. The Morgan fingerprint density at radius 2 is 2.00 bits per heavy atom. The molecular formula is C5H11ClNO2-. The lowest BCUT2D eigenvalue weighted by molar-refractivity contribution is -0.00000836. The molecule has 0 aromatic carbocycles. The molecule has 1 amide bonds. The van der Waals surface area contributed by atoms with Crippen LogP contribution in [0.1, 0.15) is 6.92 Å². The summed E-state index contributed by atoms with van der Waals surface area (Å²) < 4.78 is 4.59. The lowest BCUT2D eigenvalue weighted by Gasteiger charge is -2.07. The average molecular weight is 153 g/mol. The first kappa shape index (κ1) is 11.4. The van der Waals surface area contributed by atoms with Crippen LogP contribution in [0.2, 0.25) is 0 Å². The molecule has 0 aromatic heterocycles. The summed E-state index contributed by atoms with van der Waals surface area (Å²) in [5, 5.41) is 0. The number of carbonyl (C=O) groups is 1. The van der Waals surface area contributed by atoms with E-state index in [2.05, 4.69) is 4.74 Å². The van der Waals surface area contributed by atoms with Gasteiger partial charge in [-0.1, -0.05) is 0 Å². The molecular weight excluding hydrogens is 142 g/mol. The molecule has 0 aliphatic heterocycles. The van der Waals surface area contributed by atoms with E-state index in [1.165, 1.54) is 4.90 Å². The number of nitrogens with zero attached hydrogens (tertiary/aromatic N) is 1. The van der Waals surface area contributed by atoms with Crippen molar-refractivity contribution in [2.75, 3.05) is 20.7 Å². The van der Waals surface area contributed by atoms with Crippen molar-refractivity contribution in [2.24, 2.45) is 0 Å². The van der Waals surface area contributed by atoms with Crippen LogP contribution in [0.3, 0.4) is 0 Å². The number of hydrogen-bond donors (Lipinski definition) is 0. The van der Waals surface area contributed by atoms with Gasteiger partial charge in [-0.15, -0.1) is 0 Å². The summed E-state index contributed by atoms with van der Waals surface area (Å²) in [7, 11) is 3.30. The highest BCUT2D eigenvalue weighted by atomic mass is 35.5. The molecule has 0 atom stereocenters. The number of hydrogen-bond acceptors (Lipinski definition) is 2. The third kappa shape index (κ3) is 5.43. The summed E-state index contributed by atoms with van der Waals surface area (Å²) >= 11 is 0. The SMILES string of the molecule is CCOC(=O)N(C)C.[Cl-]. The Balaban J connectivity index is 0. The fraction of sp³-hybridized carbons (Fsp3) is 0.800. The normalized spacial score (nSPS) is 7.44. The largest absolute Gasteiger partial charge is 1.00 e. The van der Waals surface area contributed by atoms with Gasteiger partial charge in [0.2, 0.25) is 0 Å². The Bertz CT molecular complexity index is 85.0. The van der Waals surface area contributed by atoms with E-state index in [4.69, 9.17) is 0 Å². The van der Waals surface area contributed by atoms with Crippen molar-refractivity contribution >= 4 is 6.09 Å². The third-order valence-electron chi connectivity index (χ3n) is 0.633. The van der Waals surface area contributed by atoms with Gasteiger partial charge < -0.3 is 22.0 Å². The smallest absolute Gasteiger partial charge is 0.409 e. The lowest BCUT2D eigenvalue weighted by Crippen LogP contribution is -3.00. The van der Waals surface area contributed by atoms with Gasteiger partial charge in [-0.25, -0.2) is 4.79 Å². The minimum absolute atomic E-state index is 0. The van der Waals surface area contributed by atoms with Crippen LogP contribution in [0, 0.1) is 0 Å². The molecule has 9 heavy (non-hydrogen) atoms. The summed E-state index contributed by atoms with van der Waals surface area (Å²) in [5.41, 5.74) is 0. The van der Waals surface area contributed by atoms with Crippen molar-refractivity contribution in [1.29, 1.82) is 0 Å². The highest BCUT2D eigenvalue weighted by Crippen LogP contribution is 1.82. The van der Waals surface area contributed by atoms with Crippen LogP contribution in [0.5, 0.6) is 0 Å². The zero-order valence-electron chi connectivity index (χ0n) is 5.85. The first-order valence-corrected chi connectivity index (χ1v) is 2.52. The number of carbonyl (C=O) groups excluding carboxylic acids is 1. The van der Waals surface area contributed by atoms with E-state index < -0.39 is 0 Å². The molecule has 3 nitrogen and oxygen atoms in total. The van der Waals surface area contributed by atoms with Crippen molar-refractivity contribution in [3.05, 3.63) is 0 Å². The lowest BCUT2D eigenvalue weighted by atomic mass is 10.8. The second-order valence-corrected chi connectivity index (χ2v) is 1.59. The highest BCUT2D eigenvalue weighted by molar-refractivity contribution is 5.66. The third-order valence-corrected chi connectivity index (χ3v) is 0.633. The average Bonchev–Trinajstić information content (AvgIpc) is 1.67. The molecule has 0 aliphatic rings. The zero-order valence-corrected chi connectivity index (χ0v) is 6.60. The van der Waals surface area contributed by atoms with Crippen molar-refractivity contribution in [2.45, 2.75) is 6.92 Å². The summed E-state index contributed by atoms with van der Waals surface area (Å²) in [4.78, 5) is 11.8. The Morgan fingerprint density at radius 3 is 2.11 bits per heavy atom. The molecule has 4 heteroatoms. The molecule has 0 spiro atoms. The van der Waals surface area contributed by atoms with Gasteiger partial charge in [0.05, 0.1) is 6.61 Å². The maximum atomic E-state index is 10.4. The molecule has 0 radical (unpaired) electrons. The maximum absolute atomic E-state index is 10.4. The Labute approximate surface area is 61.4 Å². The van der Waals surface area contributed by atoms with E-state index in [1.807, 2.05) is 0 Å². The number of rotatable bonds is 1. The van der Waals surface area contributed by atoms with Gasteiger partial charge in [0.1, 0.15) is 0 Å². The van der Waals surface area contributed by atoms with E-state index in [9.17, 15) is 4.79 Å². The van der Waals surface area contributed by atoms with E-state index in [0.717, 1.165) is 0 Å². The fourth-order valence-electron chi connectivity index (χ4n) is 0.253. The topological polar surface area (TPSA) is 29.5 Å². The van der Waals surface area contributed by atoms with Crippen molar-refractivity contribution in [3.63, 3.8) is 0 Å². The minimum Gasteiger partial charge on any atom is -1.00 e. The molecule has 0 unspecified atom stereocenters. The van der Waals surface area contributed by atoms with Crippen molar-refractivity contribution < 1.29 is 21.9 Å². The predicted molar refractivity (Wildman–Crippen MR) is 30.7 cm³/mol. The molecule has 0 aliphatic carbocycles. The van der Waals surface area contributed by atoms with Gasteiger partial charge in [-0.05, 0) is 6.92 Å². The van der Waals surface area contributed by atoms with Gasteiger partial charge >= 0.3 is 6.09 Å². The first-order chi connectivity index (χ1) is 3.68. The standard InChI is InChI=1S/C5H11NO2.ClH/c1-4-8-5(7)6(2)3;/h4H2,1-3H3;1H/p-1. The first-order valence-electron chi connectivity index (χ1n) is 2.52. The van der Waals surface area contributed by atoms with Gasteiger partial charge in [0.25, 0.3) is 0 Å². The van der Waals surface area contributed by atoms with Crippen LogP contribution in [-0.4, -0.2) is 31.7 Å². The van der Waals surface area contributed by atoms with Crippen LogP contribution < -0.4 is 12.4 Å². The van der Waals surface area contributed by atoms with Gasteiger partial charge in [0, 0.05) is 14.1 Å². The van der Waals surface area contributed by atoms with Crippen molar-refractivity contribution in [3.8, 4) is 0 Å². The molecule has 0 N–H and O–H groups in total. The van der Waals surface area contributed by atoms with E-state index in [1.54, 1.807) is 21.0 Å². The fourth-order valence-corrected chi connectivity index (χ4v) is 0.253. The van der Waals surface area contributed by atoms with Crippen LogP contribution in [0.4, 0.5) is 4.79 Å². The van der Waals surface area contributed by atoms with E-state index >= 15 is 0 Å². The molecule has 0 saturated carbocycles. The Kier molecular flexibility index (Phi) is 7.19. The van der Waals surface area contributed by atoms with Crippen LogP contribution in [-0.2, 0) is 4.74 Å². The second kappa shape index (κ2) is 5.69. The maximum Gasteiger partial charge on any atom is 0.409 e. The highest BCUT2D eigenvalue weighted by Gasteiger charge is 1.99. The number of ether oxygens (including phenoxy) is 1. The van der Waals surface area contributed by atoms with Gasteiger partial charge in [-0.3, -0.25) is 0 Å². The molecule has 0 bridgehead atoms. The molecule has 0 heterocycles. The molecule has 0 saturated heterocycles. The monoisotopic (exact) mass is 152 g/mol. The second-order valence-electron chi connectivity index (χ2n) is 1.59. The van der Waals surface area contributed by atoms with Crippen molar-refractivity contribution in [1.82, 2.24) is 4.90 Å². The molecule has 0 rings (SSSR count). The van der Waals surface area contributed by atoms with Crippen LogP contribution in [0.25, 0.3) is 0 Å². The summed E-state index contributed by atoms with van der Waals surface area (Å²) in [6.45, 7) is 2.22. The molecule has 56 valence electrons. The number of halogens is 1. The van der Waals surface area contributed by atoms with Gasteiger partial charge in [-0.2, -0.15) is 0 Å². The quantitative estimate of drug-likeness (QED) is 0.424. The van der Waals surface area contributed by atoms with E-state index in [-0.39, 0.29) is 18.5 Å². The van der Waals surface area contributed by atoms with Gasteiger partial charge in [0.15, 0.2) is 0 Å². The summed E-state index contributed by atoms with van der Waals surface area (Å²) in [6, 6.07) is 0. The zero-order chi connectivity index (χ0) is 6.57. The number of amides is 1. The Hall–Kier alpha value is -0.440. The molecule has 0 fully saturated rings. The summed E-state index contributed by atoms with van der Waals surface area (Å²) in [6.07, 6.45) is -0.285. The molecule has 0 aromatic rings. The summed E-state index contributed by atoms with van der Waals surface area (Å²) in [5.74, 6) is 0. The van der Waals surface area contributed by atoms with Crippen LogP contribution >= 0.6 is 0 Å².